The molecule has 1 aliphatic rings. The number of rotatable bonds is 4. The van der Waals surface area contributed by atoms with Gasteiger partial charge in [-0.25, -0.2) is 0 Å². The Balaban J connectivity index is 2.50. The molecule has 1 atom stereocenters. The van der Waals surface area contributed by atoms with Gasteiger partial charge in [-0.1, -0.05) is 22.9 Å². The van der Waals surface area contributed by atoms with Crippen molar-refractivity contribution in [1.29, 1.82) is 0 Å². The van der Waals surface area contributed by atoms with Gasteiger partial charge in [0.15, 0.2) is 0 Å². The highest BCUT2D eigenvalue weighted by Gasteiger charge is 2.38. The lowest BCUT2D eigenvalue weighted by molar-refractivity contribution is 0.379. The van der Waals surface area contributed by atoms with E-state index in [1.807, 2.05) is 11.8 Å². The van der Waals surface area contributed by atoms with Crippen LogP contribution in [0.5, 0.6) is 5.75 Å². The lowest BCUT2D eigenvalue weighted by Gasteiger charge is -2.41. The van der Waals surface area contributed by atoms with Crippen molar-refractivity contribution in [1.82, 2.24) is 5.32 Å². The number of methoxy groups -OCH3 is 1. The second-order valence-corrected chi connectivity index (χ2v) is 7.91. The van der Waals surface area contributed by atoms with Crippen molar-refractivity contribution in [2.75, 3.05) is 13.7 Å². The maximum absolute atomic E-state index is 5.60. The first-order valence-corrected chi connectivity index (χ1v) is 8.51. The van der Waals surface area contributed by atoms with Gasteiger partial charge in [0, 0.05) is 20.5 Å². The molecule has 2 nitrogen and oxygen atoms in total. The van der Waals surface area contributed by atoms with Crippen LogP contribution in [0.1, 0.15) is 44.4 Å². The molecule has 1 aromatic rings. The summed E-state index contributed by atoms with van der Waals surface area (Å²) in [5.74, 6) is 2.03. The molecule has 106 valence electrons. The molecule has 0 aliphatic carbocycles. The van der Waals surface area contributed by atoms with E-state index >= 15 is 0 Å². The van der Waals surface area contributed by atoms with E-state index in [0.717, 1.165) is 24.5 Å². The minimum absolute atomic E-state index is 0.177. The molecule has 1 N–H and O–H groups in total. The molecule has 0 fully saturated rings. The largest absolute Gasteiger partial charge is 0.496 e. The van der Waals surface area contributed by atoms with Gasteiger partial charge in [0.1, 0.15) is 5.75 Å². The first-order chi connectivity index (χ1) is 9.01. The number of hydrogen-bond acceptors (Lipinski definition) is 3. The third kappa shape index (κ3) is 2.96. The summed E-state index contributed by atoms with van der Waals surface area (Å²) in [6, 6.07) is 4.48. The normalized spacial score (nSPS) is 21.0. The van der Waals surface area contributed by atoms with Crippen LogP contribution in [0.2, 0.25) is 0 Å². The molecule has 1 unspecified atom stereocenters. The molecule has 4 heteroatoms. The summed E-state index contributed by atoms with van der Waals surface area (Å²) >= 11 is 5.69. The molecular formula is C15H22BrNOS. The number of thioether (sulfide) groups is 1. The van der Waals surface area contributed by atoms with Gasteiger partial charge in [-0.05, 0) is 44.5 Å². The van der Waals surface area contributed by atoms with Gasteiger partial charge in [0.2, 0.25) is 0 Å². The molecule has 0 saturated carbocycles. The quantitative estimate of drug-likeness (QED) is 0.867. The van der Waals surface area contributed by atoms with Crippen LogP contribution in [0.15, 0.2) is 16.6 Å². The highest BCUT2D eigenvalue weighted by molar-refractivity contribution is 9.10. The van der Waals surface area contributed by atoms with Crippen molar-refractivity contribution in [3.05, 3.63) is 27.7 Å². The Kier molecular flexibility index (Phi) is 4.85. The molecule has 0 spiro atoms. The van der Waals surface area contributed by atoms with Crippen molar-refractivity contribution in [2.45, 2.75) is 43.7 Å². The van der Waals surface area contributed by atoms with Crippen LogP contribution >= 0.6 is 27.7 Å². The predicted octanol–water partition coefficient (Wildman–Crippen LogP) is 4.52. The molecule has 19 heavy (non-hydrogen) atoms. The van der Waals surface area contributed by atoms with Gasteiger partial charge in [-0.3, -0.25) is 0 Å². The van der Waals surface area contributed by atoms with Gasteiger partial charge in [-0.15, -0.1) is 11.8 Å². The lowest BCUT2D eigenvalue weighted by atomic mass is 9.90. The van der Waals surface area contributed by atoms with E-state index < -0.39 is 0 Å². The number of halogens is 1. The molecule has 0 radical (unpaired) electrons. The zero-order valence-electron chi connectivity index (χ0n) is 12.0. The number of benzene rings is 1. The Bertz CT molecular complexity index is 462. The average molecular weight is 344 g/mol. The van der Waals surface area contributed by atoms with Crippen LogP contribution in [0.4, 0.5) is 0 Å². The number of ether oxygens (including phenoxy) is 1. The summed E-state index contributed by atoms with van der Waals surface area (Å²) in [5.41, 5.74) is 2.70. The van der Waals surface area contributed by atoms with E-state index in [0.29, 0.717) is 6.04 Å². The number of fused-ring (bicyclic) bond motifs is 1. The van der Waals surface area contributed by atoms with Crippen molar-refractivity contribution in [2.24, 2.45) is 0 Å². The van der Waals surface area contributed by atoms with Crippen molar-refractivity contribution in [3.8, 4) is 5.75 Å². The fraction of sp³-hybridized carbons (Fsp3) is 0.600. The molecule has 0 amide bonds. The third-order valence-corrected chi connectivity index (χ3v) is 5.81. The summed E-state index contributed by atoms with van der Waals surface area (Å²) in [6.07, 6.45) is 1.14. The average Bonchev–Trinajstić information content (AvgIpc) is 2.37. The van der Waals surface area contributed by atoms with Crippen molar-refractivity contribution >= 4 is 27.7 Å². The molecule has 1 aliphatic heterocycles. The van der Waals surface area contributed by atoms with Crippen LogP contribution in [0.25, 0.3) is 0 Å². The summed E-state index contributed by atoms with van der Waals surface area (Å²) in [4.78, 5) is 0. The number of nitrogens with one attached hydrogen (secondary N) is 1. The van der Waals surface area contributed by atoms with E-state index in [1.165, 1.54) is 15.6 Å². The van der Waals surface area contributed by atoms with E-state index in [-0.39, 0.29) is 4.75 Å². The minimum atomic E-state index is 0.177. The SMILES string of the molecule is CCCNC1c2c(OC)ccc(Br)c2CSC1(C)C. The summed E-state index contributed by atoms with van der Waals surface area (Å²) in [6.45, 7) is 7.86. The Morgan fingerprint density at radius 1 is 1.47 bits per heavy atom. The third-order valence-electron chi connectivity index (χ3n) is 3.65. The maximum atomic E-state index is 5.60. The minimum Gasteiger partial charge on any atom is -0.496 e. The van der Waals surface area contributed by atoms with Gasteiger partial charge in [-0.2, -0.15) is 0 Å². The molecular weight excluding hydrogens is 322 g/mol. The predicted molar refractivity (Wildman–Crippen MR) is 87.1 cm³/mol. The van der Waals surface area contributed by atoms with E-state index in [1.54, 1.807) is 7.11 Å². The first kappa shape index (κ1) is 15.2. The first-order valence-electron chi connectivity index (χ1n) is 6.74. The van der Waals surface area contributed by atoms with Crippen LogP contribution in [-0.2, 0) is 5.75 Å². The van der Waals surface area contributed by atoms with Crippen LogP contribution < -0.4 is 10.1 Å². The van der Waals surface area contributed by atoms with Gasteiger partial charge in [0.05, 0.1) is 13.2 Å². The highest BCUT2D eigenvalue weighted by atomic mass is 79.9. The lowest BCUT2D eigenvalue weighted by Crippen LogP contribution is -2.40. The van der Waals surface area contributed by atoms with Crippen molar-refractivity contribution in [3.63, 3.8) is 0 Å². The zero-order valence-corrected chi connectivity index (χ0v) is 14.5. The monoisotopic (exact) mass is 343 g/mol. The fourth-order valence-corrected chi connectivity index (χ4v) is 4.45. The van der Waals surface area contributed by atoms with Crippen molar-refractivity contribution < 1.29 is 4.74 Å². The van der Waals surface area contributed by atoms with Gasteiger partial charge in [0.25, 0.3) is 0 Å². The second kappa shape index (κ2) is 6.06. The zero-order chi connectivity index (χ0) is 14.0. The Morgan fingerprint density at radius 3 is 2.84 bits per heavy atom. The van der Waals surface area contributed by atoms with Gasteiger partial charge >= 0.3 is 0 Å². The molecule has 0 saturated heterocycles. The molecule has 1 aromatic carbocycles. The standard InChI is InChI=1S/C15H22BrNOS/c1-5-8-17-14-13-10(9-19-15(14,2)3)11(16)6-7-12(13)18-4/h6-7,14,17H,5,8-9H2,1-4H3. The molecule has 1 heterocycles. The molecule has 2 rings (SSSR count). The second-order valence-electron chi connectivity index (χ2n) is 5.42. The van der Waals surface area contributed by atoms with Gasteiger partial charge < -0.3 is 10.1 Å². The fourth-order valence-electron chi connectivity index (χ4n) is 2.58. The number of hydrogen-bond donors (Lipinski definition) is 1. The Morgan fingerprint density at radius 2 is 2.21 bits per heavy atom. The maximum Gasteiger partial charge on any atom is 0.124 e. The van der Waals surface area contributed by atoms with E-state index in [4.69, 9.17) is 4.74 Å². The molecule has 0 bridgehead atoms. The molecule has 0 aromatic heterocycles. The summed E-state index contributed by atoms with van der Waals surface area (Å²) < 4.78 is 6.97. The highest BCUT2D eigenvalue weighted by Crippen LogP contribution is 2.50. The summed E-state index contributed by atoms with van der Waals surface area (Å²) in [5, 5.41) is 3.70. The van der Waals surface area contributed by atoms with E-state index in [2.05, 4.69) is 54.2 Å². The van der Waals surface area contributed by atoms with E-state index in [9.17, 15) is 0 Å². The summed E-state index contributed by atoms with van der Waals surface area (Å²) in [7, 11) is 1.76. The van der Waals surface area contributed by atoms with Crippen LogP contribution in [0, 0.1) is 0 Å². The van der Waals surface area contributed by atoms with Crippen LogP contribution in [-0.4, -0.2) is 18.4 Å². The topological polar surface area (TPSA) is 21.3 Å². The Labute approximate surface area is 128 Å². The Hall–Kier alpha value is -0.190. The van der Waals surface area contributed by atoms with Crippen LogP contribution in [0.3, 0.4) is 0 Å². The smallest absolute Gasteiger partial charge is 0.124 e.